The second kappa shape index (κ2) is 8.64. The monoisotopic (exact) mass is 369 g/mol. The Kier molecular flexibility index (Phi) is 6.80. The average Bonchev–Trinajstić information content (AvgIpc) is 2.58. The molecule has 2 N–H and O–H groups in total. The third-order valence-electron chi connectivity index (χ3n) is 4.48. The summed E-state index contributed by atoms with van der Waals surface area (Å²) in [6.45, 7) is 1.97. The van der Waals surface area contributed by atoms with E-state index in [4.69, 9.17) is 4.74 Å². The summed E-state index contributed by atoms with van der Waals surface area (Å²) in [7, 11) is -1.72. The molecule has 1 aromatic rings. The molecule has 7 nitrogen and oxygen atoms in total. The third kappa shape index (κ3) is 6.30. The number of benzene rings is 1. The van der Waals surface area contributed by atoms with Gasteiger partial charge in [-0.15, -0.1) is 0 Å². The number of ether oxygens (including phenoxy) is 1. The highest BCUT2D eigenvalue weighted by Gasteiger charge is 2.37. The zero-order valence-electron chi connectivity index (χ0n) is 14.8. The number of nitrogens with one attached hydrogen (secondary N) is 2. The van der Waals surface area contributed by atoms with Gasteiger partial charge in [0.15, 0.2) is 0 Å². The molecule has 0 spiro atoms. The predicted octanol–water partition coefficient (Wildman–Crippen LogP) is 1.32. The van der Waals surface area contributed by atoms with Crippen LogP contribution >= 0.6 is 0 Å². The number of piperidine rings is 1. The number of urea groups is 1. The number of hydrogen-bond donors (Lipinski definition) is 2. The fourth-order valence-corrected chi connectivity index (χ4v) is 4.21. The highest BCUT2D eigenvalue weighted by molar-refractivity contribution is 7.88. The number of carbonyl (C=O) groups is 1. The molecule has 0 bridgehead atoms. The van der Waals surface area contributed by atoms with Crippen molar-refractivity contribution in [1.29, 1.82) is 0 Å². The molecule has 0 aliphatic carbocycles. The summed E-state index contributed by atoms with van der Waals surface area (Å²) in [5, 5.41) is 2.91. The molecule has 1 heterocycles. The minimum absolute atomic E-state index is 0.122. The second-order valence-electron chi connectivity index (χ2n) is 6.53. The highest BCUT2D eigenvalue weighted by atomic mass is 32.2. The van der Waals surface area contributed by atoms with Gasteiger partial charge in [-0.05, 0) is 24.8 Å². The van der Waals surface area contributed by atoms with Crippen LogP contribution in [0.5, 0.6) is 0 Å². The maximum Gasteiger partial charge on any atom is 0.317 e. The van der Waals surface area contributed by atoms with Crippen LogP contribution in [-0.4, -0.2) is 57.9 Å². The maximum absolute atomic E-state index is 12.3. The quantitative estimate of drug-likeness (QED) is 0.759. The van der Waals surface area contributed by atoms with Gasteiger partial charge in [-0.3, -0.25) is 0 Å². The lowest BCUT2D eigenvalue weighted by atomic mass is 9.86. The third-order valence-corrected chi connectivity index (χ3v) is 5.28. The Balaban J connectivity index is 1.90. The van der Waals surface area contributed by atoms with Gasteiger partial charge >= 0.3 is 6.03 Å². The van der Waals surface area contributed by atoms with Gasteiger partial charge in [0.2, 0.25) is 10.0 Å². The van der Waals surface area contributed by atoms with Crippen molar-refractivity contribution in [2.75, 3.05) is 33.1 Å². The van der Waals surface area contributed by atoms with Crippen LogP contribution in [0.25, 0.3) is 0 Å². The molecule has 0 aromatic heterocycles. The summed E-state index contributed by atoms with van der Waals surface area (Å²) in [4.78, 5) is 14.1. The van der Waals surface area contributed by atoms with Crippen molar-refractivity contribution in [3.63, 3.8) is 0 Å². The van der Waals surface area contributed by atoms with Crippen molar-refractivity contribution in [1.82, 2.24) is 14.9 Å². The molecule has 0 saturated carbocycles. The standard InChI is InChI=1S/C17H27N3O4S/c1-24-13-10-17(19-25(2,22)23)8-11-20(12-9-17)16(21)18-14-15-6-4-3-5-7-15/h3-7,19H,8-14H2,1-2H3,(H,18,21). The molecular weight excluding hydrogens is 342 g/mol. The molecule has 1 fully saturated rings. The number of methoxy groups -OCH3 is 1. The van der Waals surface area contributed by atoms with Gasteiger partial charge in [-0.1, -0.05) is 30.3 Å². The molecule has 2 rings (SSSR count). The van der Waals surface area contributed by atoms with E-state index in [1.807, 2.05) is 30.3 Å². The Morgan fingerprint density at radius 2 is 1.88 bits per heavy atom. The Morgan fingerprint density at radius 1 is 1.24 bits per heavy atom. The van der Waals surface area contributed by atoms with E-state index < -0.39 is 15.6 Å². The van der Waals surface area contributed by atoms with Crippen LogP contribution in [-0.2, 0) is 21.3 Å². The Bertz CT molecular complexity index is 656. The first-order valence-electron chi connectivity index (χ1n) is 8.38. The molecule has 8 heteroatoms. The van der Waals surface area contributed by atoms with Gasteiger partial charge in [-0.2, -0.15) is 0 Å². The highest BCUT2D eigenvalue weighted by Crippen LogP contribution is 2.27. The van der Waals surface area contributed by atoms with Crippen LogP contribution in [0.4, 0.5) is 4.79 Å². The topological polar surface area (TPSA) is 87.7 Å². The van der Waals surface area contributed by atoms with Crippen LogP contribution in [0.2, 0.25) is 0 Å². The van der Waals surface area contributed by atoms with Gasteiger partial charge in [0.25, 0.3) is 0 Å². The molecule has 2 amide bonds. The molecule has 1 aliphatic rings. The number of likely N-dealkylation sites (tertiary alicyclic amines) is 1. The van der Waals surface area contributed by atoms with Crippen LogP contribution in [0, 0.1) is 0 Å². The van der Waals surface area contributed by atoms with E-state index in [0.717, 1.165) is 5.56 Å². The number of rotatable bonds is 7. The van der Waals surface area contributed by atoms with E-state index >= 15 is 0 Å². The maximum atomic E-state index is 12.3. The predicted molar refractivity (Wildman–Crippen MR) is 96.7 cm³/mol. The molecule has 25 heavy (non-hydrogen) atoms. The summed E-state index contributed by atoms with van der Waals surface area (Å²) < 4.78 is 31.3. The minimum atomic E-state index is -3.32. The zero-order valence-corrected chi connectivity index (χ0v) is 15.6. The second-order valence-corrected chi connectivity index (χ2v) is 8.28. The number of amides is 2. The lowest BCUT2D eigenvalue weighted by Crippen LogP contribution is -2.57. The average molecular weight is 369 g/mol. The van der Waals surface area contributed by atoms with Crippen LogP contribution in [0.3, 0.4) is 0 Å². The first kappa shape index (κ1) is 19.7. The number of nitrogens with zero attached hydrogens (tertiary/aromatic N) is 1. The van der Waals surface area contributed by atoms with Crippen molar-refractivity contribution in [2.45, 2.75) is 31.3 Å². The first-order valence-corrected chi connectivity index (χ1v) is 10.3. The summed E-state index contributed by atoms with van der Waals surface area (Å²) in [6, 6.07) is 9.60. The van der Waals surface area contributed by atoms with Gasteiger partial charge in [-0.25, -0.2) is 17.9 Å². The summed E-state index contributed by atoms with van der Waals surface area (Å²) in [5.74, 6) is 0. The van der Waals surface area contributed by atoms with Crippen LogP contribution in [0.15, 0.2) is 30.3 Å². The summed E-state index contributed by atoms with van der Waals surface area (Å²) in [5.41, 5.74) is 0.501. The molecular formula is C17H27N3O4S. The van der Waals surface area contributed by atoms with E-state index in [2.05, 4.69) is 10.0 Å². The minimum Gasteiger partial charge on any atom is -0.385 e. The van der Waals surface area contributed by atoms with Crippen molar-refractivity contribution >= 4 is 16.1 Å². The number of carbonyl (C=O) groups excluding carboxylic acids is 1. The summed E-state index contributed by atoms with van der Waals surface area (Å²) >= 11 is 0. The van der Waals surface area contributed by atoms with Crippen molar-refractivity contribution in [3.8, 4) is 0 Å². The van der Waals surface area contributed by atoms with E-state index in [-0.39, 0.29) is 6.03 Å². The fraction of sp³-hybridized carbons (Fsp3) is 0.588. The molecule has 1 aliphatic heterocycles. The molecule has 140 valence electrons. The van der Waals surface area contributed by atoms with Crippen LogP contribution in [0.1, 0.15) is 24.8 Å². The Morgan fingerprint density at radius 3 is 2.44 bits per heavy atom. The molecule has 1 aromatic carbocycles. The van der Waals surface area contributed by atoms with E-state index in [1.165, 1.54) is 6.26 Å². The van der Waals surface area contributed by atoms with E-state index in [0.29, 0.717) is 45.5 Å². The zero-order chi connectivity index (χ0) is 18.3. The van der Waals surface area contributed by atoms with Crippen LogP contribution < -0.4 is 10.0 Å². The van der Waals surface area contributed by atoms with E-state index in [1.54, 1.807) is 12.0 Å². The van der Waals surface area contributed by atoms with Crippen molar-refractivity contribution < 1.29 is 17.9 Å². The Labute approximate surface area is 149 Å². The van der Waals surface area contributed by atoms with Gasteiger partial charge in [0.05, 0.1) is 6.26 Å². The molecule has 1 saturated heterocycles. The van der Waals surface area contributed by atoms with Gasteiger partial charge in [0.1, 0.15) is 0 Å². The normalized spacial score (nSPS) is 17.3. The first-order chi connectivity index (χ1) is 11.8. The lowest BCUT2D eigenvalue weighted by molar-refractivity contribution is 0.115. The number of sulfonamides is 1. The summed E-state index contributed by atoms with van der Waals surface area (Å²) in [6.07, 6.45) is 2.90. The van der Waals surface area contributed by atoms with Gasteiger partial charge in [0, 0.05) is 38.9 Å². The lowest BCUT2D eigenvalue weighted by Gasteiger charge is -2.41. The van der Waals surface area contributed by atoms with Gasteiger partial charge < -0.3 is 15.0 Å². The molecule has 0 unspecified atom stereocenters. The SMILES string of the molecule is COCCC1(NS(C)(=O)=O)CCN(C(=O)NCc2ccccc2)CC1. The Hall–Kier alpha value is -1.64. The van der Waals surface area contributed by atoms with Crippen molar-refractivity contribution in [3.05, 3.63) is 35.9 Å². The molecule has 0 atom stereocenters. The molecule has 0 radical (unpaired) electrons. The fourth-order valence-electron chi connectivity index (χ4n) is 3.12. The largest absolute Gasteiger partial charge is 0.385 e. The number of hydrogen-bond acceptors (Lipinski definition) is 4. The smallest absolute Gasteiger partial charge is 0.317 e. The van der Waals surface area contributed by atoms with Crippen molar-refractivity contribution in [2.24, 2.45) is 0 Å². The van der Waals surface area contributed by atoms with E-state index in [9.17, 15) is 13.2 Å².